The van der Waals surface area contributed by atoms with E-state index in [-0.39, 0.29) is 17.3 Å². The van der Waals surface area contributed by atoms with Gasteiger partial charge in [0.1, 0.15) is 6.20 Å². The third kappa shape index (κ3) is 4.50. The Kier molecular flexibility index (Phi) is 6.00. The molecule has 1 N–H and O–H groups in total. The van der Waals surface area contributed by atoms with Crippen molar-refractivity contribution in [3.8, 4) is 17.4 Å². The van der Waals surface area contributed by atoms with Gasteiger partial charge in [0.25, 0.3) is 11.2 Å². The predicted octanol–water partition coefficient (Wildman–Crippen LogP) is 3.44. The zero-order chi connectivity index (χ0) is 23.5. The molecule has 4 rings (SSSR count). The van der Waals surface area contributed by atoms with Gasteiger partial charge in [0.15, 0.2) is 11.5 Å². The number of ether oxygens (including phenoxy) is 2. The number of aromatic amines is 1. The lowest BCUT2D eigenvalue weighted by atomic mass is 10.2. The second-order valence-electron chi connectivity index (χ2n) is 6.58. The van der Waals surface area contributed by atoms with Crippen molar-refractivity contribution in [1.82, 2.24) is 14.6 Å². The average Bonchev–Trinajstić information content (AvgIpc) is 2.80. The third-order valence-electron chi connectivity index (χ3n) is 4.50. The minimum atomic E-state index is -0.712. The molecule has 4 aromatic rings. The summed E-state index contributed by atoms with van der Waals surface area (Å²) < 4.78 is 12.5. The van der Waals surface area contributed by atoms with Gasteiger partial charge in [-0.05, 0) is 24.3 Å². The molecule has 2 aromatic carbocycles. The first kappa shape index (κ1) is 21.9. The second kappa shape index (κ2) is 9.04. The number of hydrogen-bond donors (Lipinski definition) is 1. The van der Waals surface area contributed by atoms with Crippen molar-refractivity contribution in [3.63, 3.8) is 0 Å². The monoisotopic (exact) mass is 511 g/mol. The highest BCUT2D eigenvalue weighted by Gasteiger charge is 2.15. The summed E-state index contributed by atoms with van der Waals surface area (Å²) in [5.41, 5.74) is -0.748. The van der Waals surface area contributed by atoms with Gasteiger partial charge >= 0.3 is 5.69 Å². The van der Waals surface area contributed by atoms with E-state index in [1.54, 1.807) is 36.4 Å². The maximum Gasteiger partial charge on any atom is 0.349 e. The van der Waals surface area contributed by atoms with Crippen molar-refractivity contribution in [3.05, 3.63) is 95.7 Å². The Labute approximate surface area is 193 Å². The standard InChI is InChI=1S/C21H14BrN5O6/c1-32-17-9-13(22)8-12(19(17)33-18-7-6-14(11-23-18)27(30)31)10-24-26-20(28)15-4-2-3-5-16(15)25-21(26)29/h2-11H,1H3,(H,25,29). The number of halogens is 1. The minimum absolute atomic E-state index is 0.0663. The first-order valence-corrected chi connectivity index (χ1v) is 10.1. The molecule has 0 fully saturated rings. The molecule has 0 radical (unpaired) electrons. The van der Waals surface area contributed by atoms with Crippen LogP contribution in [0.1, 0.15) is 5.56 Å². The Morgan fingerprint density at radius 3 is 2.70 bits per heavy atom. The number of nitrogens with one attached hydrogen (secondary N) is 1. The summed E-state index contributed by atoms with van der Waals surface area (Å²) in [6.45, 7) is 0. The number of hydrogen-bond acceptors (Lipinski definition) is 8. The number of fused-ring (bicyclic) bond motifs is 1. The van der Waals surface area contributed by atoms with E-state index >= 15 is 0 Å². The first-order valence-electron chi connectivity index (χ1n) is 9.31. The molecule has 0 aliphatic heterocycles. The zero-order valence-corrected chi connectivity index (χ0v) is 18.5. The van der Waals surface area contributed by atoms with Crippen LogP contribution in [0.5, 0.6) is 17.4 Å². The Balaban J connectivity index is 1.78. The molecule has 2 heterocycles. The van der Waals surface area contributed by atoms with E-state index in [4.69, 9.17) is 9.47 Å². The largest absolute Gasteiger partial charge is 0.493 e. The Hall–Kier alpha value is -4.32. The number of methoxy groups -OCH3 is 1. The maximum absolute atomic E-state index is 12.7. The molecule has 0 bridgehead atoms. The van der Waals surface area contributed by atoms with Crippen LogP contribution in [-0.2, 0) is 0 Å². The van der Waals surface area contributed by atoms with E-state index in [2.05, 4.69) is 31.0 Å². The van der Waals surface area contributed by atoms with Gasteiger partial charge in [0.2, 0.25) is 5.88 Å². The van der Waals surface area contributed by atoms with E-state index < -0.39 is 16.2 Å². The van der Waals surface area contributed by atoms with Gasteiger partial charge in [-0.1, -0.05) is 28.1 Å². The summed E-state index contributed by atoms with van der Waals surface area (Å²) in [5.74, 6) is 0.540. The van der Waals surface area contributed by atoms with Crippen LogP contribution in [0.4, 0.5) is 5.69 Å². The van der Waals surface area contributed by atoms with Crippen LogP contribution in [0.15, 0.2) is 73.9 Å². The minimum Gasteiger partial charge on any atom is -0.493 e. The average molecular weight is 512 g/mol. The van der Waals surface area contributed by atoms with Crippen molar-refractivity contribution in [2.75, 3.05) is 7.11 Å². The second-order valence-corrected chi connectivity index (χ2v) is 7.49. The summed E-state index contributed by atoms with van der Waals surface area (Å²) in [6, 6.07) is 12.4. The third-order valence-corrected chi connectivity index (χ3v) is 4.96. The molecular formula is C21H14BrN5O6. The number of aromatic nitrogens is 3. The fraction of sp³-hybridized carbons (Fsp3) is 0.0476. The van der Waals surface area contributed by atoms with Gasteiger partial charge in [0, 0.05) is 22.2 Å². The molecular weight excluding hydrogens is 498 g/mol. The summed E-state index contributed by atoms with van der Waals surface area (Å²) in [4.78, 5) is 41.9. The van der Waals surface area contributed by atoms with E-state index in [9.17, 15) is 19.7 Å². The Morgan fingerprint density at radius 2 is 2.00 bits per heavy atom. The van der Waals surface area contributed by atoms with Crippen LogP contribution in [0.3, 0.4) is 0 Å². The molecule has 11 nitrogen and oxygen atoms in total. The van der Waals surface area contributed by atoms with Crippen LogP contribution >= 0.6 is 15.9 Å². The molecule has 166 valence electrons. The molecule has 0 saturated heterocycles. The van der Waals surface area contributed by atoms with Crippen molar-refractivity contribution in [2.24, 2.45) is 5.10 Å². The lowest BCUT2D eigenvalue weighted by Crippen LogP contribution is -2.32. The molecule has 0 aliphatic rings. The fourth-order valence-corrected chi connectivity index (χ4v) is 3.42. The first-order chi connectivity index (χ1) is 15.9. The normalized spacial score (nSPS) is 11.1. The number of nitro groups is 1. The molecule has 12 heteroatoms. The van der Waals surface area contributed by atoms with E-state index in [1.165, 1.54) is 25.5 Å². The topological polar surface area (TPSA) is 142 Å². The van der Waals surface area contributed by atoms with Crippen molar-refractivity contribution >= 4 is 38.7 Å². The van der Waals surface area contributed by atoms with Gasteiger partial charge < -0.3 is 14.5 Å². The number of para-hydroxylation sites is 1. The zero-order valence-electron chi connectivity index (χ0n) is 16.9. The number of H-pyrrole nitrogens is 1. The molecule has 0 unspecified atom stereocenters. The lowest BCUT2D eigenvalue weighted by molar-refractivity contribution is -0.385. The molecule has 0 aliphatic carbocycles. The van der Waals surface area contributed by atoms with Crippen molar-refractivity contribution in [1.29, 1.82) is 0 Å². The van der Waals surface area contributed by atoms with Gasteiger partial charge in [-0.15, -0.1) is 4.68 Å². The van der Waals surface area contributed by atoms with Crippen molar-refractivity contribution in [2.45, 2.75) is 0 Å². The molecule has 0 amide bonds. The highest BCUT2D eigenvalue weighted by Crippen LogP contribution is 2.36. The highest BCUT2D eigenvalue weighted by molar-refractivity contribution is 9.10. The van der Waals surface area contributed by atoms with Crippen LogP contribution in [0, 0.1) is 10.1 Å². The highest BCUT2D eigenvalue weighted by atomic mass is 79.9. The fourth-order valence-electron chi connectivity index (χ4n) is 2.97. The van der Waals surface area contributed by atoms with Gasteiger partial charge in [0.05, 0.1) is 29.2 Å². The van der Waals surface area contributed by atoms with Gasteiger partial charge in [-0.25, -0.2) is 9.78 Å². The summed E-state index contributed by atoms with van der Waals surface area (Å²) in [6.07, 6.45) is 2.32. The molecule has 0 atom stereocenters. The SMILES string of the molecule is COc1cc(Br)cc(C=Nn2c(=O)[nH]c3ccccc3c2=O)c1Oc1ccc([N+](=O)[O-])cn1. The molecule has 0 spiro atoms. The smallest absolute Gasteiger partial charge is 0.349 e. The lowest BCUT2D eigenvalue weighted by Gasteiger charge is -2.13. The molecule has 2 aromatic heterocycles. The van der Waals surface area contributed by atoms with Crippen molar-refractivity contribution < 1.29 is 14.4 Å². The molecule has 33 heavy (non-hydrogen) atoms. The number of benzene rings is 2. The van der Waals surface area contributed by atoms with Gasteiger partial charge in [-0.3, -0.25) is 14.9 Å². The number of rotatable bonds is 6. The summed E-state index contributed by atoms with van der Waals surface area (Å²) >= 11 is 3.36. The Bertz CT molecular complexity index is 1510. The molecule has 0 saturated carbocycles. The van der Waals surface area contributed by atoms with E-state index in [0.717, 1.165) is 6.20 Å². The summed E-state index contributed by atoms with van der Waals surface area (Å²) in [5, 5.41) is 15.2. The Morgan fingerprint density at radius 1 is 1.21 bits per heavy atom. The van der Waals surface area contributed by atoms with Crippen LogP contribution < -0.4 is 20.7 Å². The maximum atomic E-state index is 12.7. The predicted molar refractivity (Wildman–Crippen MR) is 123 cm³/mol. The van der Waals surface area contributed by atoms with Gasteiger partial charge in [-0.2, -0.15) is 5.10 Å². The van der Waals surface area contributed by atoms with E-state index in [0.29, 0.717) is 31.4 Å². The number of pyridine rings is 1. The van der Waals surface area contributed by atoms with Crippen LogP contribution in [0.25, 0.3) is 10.9 Å². The quantitative estimate of drug-likeness (QED) is 0.237. The van der Waals surface area contributed by atoms with Crippen LogP contribution in [0.2, 0.25) is 0 Å². The van der Waals surface area contributed by atoms with Crippen LogP contribution in [-0.4, -0.2) is 32.9 Å². The number of nitrogens with zero attached hydrogens (tertiary/aromatic N) is 4. The summed E-state index contributed by atoms with van der Waals surface area (Å²) in [7, 11) is 1.43. The van der Waals surface area contributed by atoms with E-state index in [1.807, 2.05) is 0 Å².